The number of thioether (sulfide) groups is 1. The lowest BCUT2D eigenvalue weighted by Gasteiger charge is -2.12. The molecule has 1 atom stereocenters. The molecular formula is C10H17N3O4S2. The number of nitrogens with zero attached hydrogens (tertiary/aromatic N) is 2. The lowest BCUT2D eigenvalue weighted by Crippen LogP contribution is -2.41. The molecule has 0 fully saturated rings. The molecule has 1 rings (SSSR count). The Labute approximate surface area is 116 Å². The Hall–Kier alpha value is -1.06. The molecule has 0 radical (unpaired) electrons. The van der Waals surface area contributed by atoms with Crippen molar-refractivity contribution in [1.29, 1.82) is 0 Å². The maximum Gasteiger partial charge on any atom is 0.321 e. The highest BCUT2D eigenvalue weighted by Crippen LogP contribution is 2.10. The third-order valence-corrected chi connectivity index (χ3v) is 4.55. The standard InChI is InChI=1S/C10H17N3O4S2/c1-7-11-9(6-13(7)2)19(16,17)12-8(10(14)15)4-5-18-3/h6,8,12H,4-5H2,1-3H3,(H,14,15)/t8-/m1/s1. The monoisotopic (exact) mass is 307 g/mol. The third-order valence-electron chi connectivity index (χ3n) is 2.57. The summed E-state index contributed by atoms with van der Waals surface area (Å²) in [7, 11) is -2.24. The van der Waals surface area contributed by atoms with Crippen LogP contribution in [0, 0.1) is 6.92 Å². The van der Waals surface area contributed by atoms with E-state index < -0.39 is 22.0 Å². The van der Waals surface area contributed by atoms with Gasteiger partial charge in [-0.15, -0.1) is 0 Å². The Kier molecular flexibility index (Phi) is 5.39. The van der Waals surface area contributed by atoms with Gasteiger partial charge in [-0.05, 0) is 25.4 Å². The van der Waals surface area contributed by atoms with Gasteiger partial charge in [0, 0.05) is 13.2 Å². The van der Waals surface area contributed by atoms with Gasteiger partial charge in [0.05, 0.1) is 0 Å². The molecule has 0 amide bonds. The molecule has 108 valence electrons. The first kappa shape index (κ1) is 16.0. The quantitative estimate of drug-likeness (QED) is 0.747. The van der Waals surface area contributed by atoms with E-state index in [4.69, 9.17) is 5.11 Å². The summed E-state index contributed by atoms with van der Waals surface area (Å²) in [5.74, 6) is -0.0950. The molecule has 2 N–H and O–H groups in total. The SMILES string of the molecule is CSCC[C@@H](NS(=O)(=O)c1cn(C)c(C)n1)C(=O)O. The van der Waals surface area contributed by atoms with Crippen molar-refractivity contribution in [3.8, 4) is 0 Å². The lowest BCUT2D eigenvalue weighted by atomic mass is 10.2. The highest BCUT2D eigenvalue weighted by atomic mass is 32.2. The van der Waals surface area contributed by atoms with Gasteiger partial charge in [0.2, 0.25) is 0 Å². The molecule has 0 aromatic carbocycles. The van der Waals surface area contributed by atoms with Gasteiger partial charge >= 0.3 is 5.97 Å². The van der Waals surface area contributed by atoms with Crippen LogP contribution in [0.1, 0.15) is 12.2 Å². The number of imidazole rings is 1. The summed E-state index contributed by atoms with van der Waals surface area (Å²) in [4.78, 5) is 14.9. The minimum atomic E-state index is -3.91. The zero-order valence-electron chi connectivity index (χ0n) is 11.0. The molecule has 0 saturated carbocycles. The summed E-state index contributed by atoms with van der Waals surface area (Å²) in [6.07, 6.45) is 3.40. The first-order valence-corrected chi connectivity index (χ1v) is 8.39. The summed E-state index contributed by atoms with van der Waals surface area (Å²) in [6, 6.07) is -1.14. The molecule has 1 aromatic heterocycles. The van der Waals surface area contributed by atoms with Crippen LogP contribution in [0.4, 0.5) is 0 Å². The highest BCUT2D eigenvalue weighted by Gasteiger charge is 2.26. The van der Waals surface area contributed by atoms with E-state index in [1.807, 2.05) is 6.26 Å². The van der Waals surface area contributed by atoms with Crippen LogP contribution in [0.3, 0.4) is 0 Å². The summed E-state index contributed by atoms with van der Waals surface area (Å²) < 4.78 is 27.8. The number of rotatable bonds is 7. The molecule has 1 aromatic rings. The van der Waals surface area contributed by atoms with E-state index in [1.165, 1.54) is 18.0 Å². The van der Waals surface area contributed by atoms with Crippen molar-refractivity contribution in [2.24, 2.45) is 7.05 Å². The Bertz CT molecular complexity index is 534. The van der Waals surface area contributed by atoms with Crippen LogP contribution in [-0.2, 0) is 21.9 Å². The molecule has 0 bridgehead atoms. The van der Waals surface area contributed by atoms with Crippen molar-refractivity contribution in [1.82, 2.24) is 14.3 Å². The Balaban J connectivity index is 2.90. The second kappa shape index (κ2) is 6.40. The van der Waals surface area contributed by atoms with Crippen LogP contribution in [0.25, 0.3) is 0 Å². The second-order valence-electron chi connectivity index (χ2n) is 4.03. The number of nitrogens with one attached hydrogen (secondary N) is 1. The Morgan fingerprint density at radius 3 is 2.68 bits per heavy atom. The maximum atomic E-state index is 12.0. The molecule has 0 unspecified atom stereocenters. The number of sulfonamides is 1. The van der Waals surface area contributed by atoms with E-state index in [9.17, 15) is 13.2 Å². The van der Waals surface area contributed by atoms with E-state index in [1.54, 1.807) is 18.5 Å². The molecular weight excluding hydrogens is 290 g/mol. The fraction of sp³-hybridized carbons (Fsp3) is 0.600. The Morgan fingerprint density at radius 2 is 2.26 bits per heavy atom. The van der Waals surface area contributed by atoms with E-state index in [0.717, 1.165) is 0 Å². The molecule has 7 nitrogen and oxygen atoms in total. The van der Waals surface area contributed by atoms with Gasteiger partial charge in [-0.3, -0.25) is 4.79 Å². The number of carboxylic acid groups (broad SMARTS) is 1. The lowest BCUT2D eigenvalue weighted by molar-refractivity contribution is -0.139. The van der Waals surface area contributed by atoms with Crippen LogP contribution in [0.15, 0.2) is 11.2 Å². The number of hydrogen-bond donors (Lipinski definition) is 2. The second-order valence-corrected chi connectivity index (χ2v) is 6.68. The van der Waals surface area contributed by atoms with Gasteiger partial charge < -0.3 is 9.67 Å². The molecule has 0 aliphatic carbocycles. The van der Waals surface area contributed by atoms with Crippen LogP contribution in [0.2, 0.25) is 0 Å². The van der Waals surface area contributed by atoms with Crippen LogP contribution >= 0.6 is 11.8 Å². The maximum absolute atomic E-state index is 12.0. The first-order valence-electron chi connectivity index (χ1n) is 5.52. The smallest absolute Gasteiger partial charge is 0.321 e. The zero-order chi connectivity index (χ0) is 14.6. The van der Waals surface area contributed by atoms with E-state index in [0.29, 0.717) is 11.6 Å². The summed E-state index contributed by atoms with van der Waals surface area (Å²) in [5.41, 5.74) is 0. The topological polar surface area (TPSA) is 101 Å². The van der Waals surface area contributed by atoms with Gasteiger partial charge in [-0.2, -0.15) is 16.5 Å². The zero-order valence-corrected chi connectivity index (χ0v) is 12.6. The van der Waals surface area contributed by atoms with Crippen LogP contribution in [-0.4, -0.2) is 47.1 Å². The van der Waals surface area contributed by atoms with Gasteiger partial charge in [0.1, 0.15) is 11.9 Å². The number of hydrogen-bond acceptors (Lipinski definition) is 5. The number of aryl methyl sites for hydroxylation is 2. The number of aromatic nitrogens is 2. The number of carboxylic acids is 1. The van der Waals surface area contributed by atoms with E-state index in [-0.39, 0.29) is 11.4 Å². The van der Waals surface area contributed by atoms with Crippen molar-refractivity contribution in [2.45, 2.75) is 24.4 Å². The van der Waals surface area contributed by atoms with Crippen molar-refractivity contribution in [3.63, 3.8) is 0 Å². The molecule has 0 spiro atoms. The van der Waals surface area contributed by atoms with E-state index >= 15 is 0 Å². The molecule has 0 aliphatic heterocycles. The number of aliphatic carboxylic acids is 1. The van der Waals surface area contributed by atoms with Gasteiger partial charge in [0.25, 0.3) is 10.0 Å². The van der Waals surface area contributed by atoms with Gasteiger partial charge in [0.15, 0.2) is 5.03 Å². The molecule has 0 saturated heterocycles. The minimum Gasteiger partial charge on any atom is -0.480 e. The fourth-order valence-electron chi connectivity index (χ4n) is 1.37. The first-order chi connectivity index (χ1) is 8.77. The average Bonchev–Trinajstić information content (AvgIpc) is 2.65. The van der Waals surface area contributed by atoms with Crippen LogP contribution in [0.5, 0.6) is 0 Å². The Morgan fingerprint density at radius 1 is 1.63 bits per heavy atom. The largest absolute Gasteiger partial charge is 0.480 e. The molecule has 0 aliphatic rings. The van der Waals surface area contributed by atoms with Crippen molar-refractivity contribution >= 4 is 27.8 Å². The van der Waals surface area contributed by atoms with Gasteiger partial charge in [-0.25, -0.2) is 13.4 Å². The highest BCUT2D eigenvalue weighted by molar-refractivity contribution is 7.98. The van der Waals surface area contributed by atoms with E-state index in [2.05, 4.69) is 9.71 Å². The molecule has 1 heterocycles. The number of carbonyl (C=O) groups is 1. The molecule has 9 heteroatoms. The van der Waals surface area contributed by atoms with Crippen molar-refractivity contribution in [2.75, 3.05) is 12.0 Å². The normalized spacial score (nSPS) is 13.4. The predicted molar refractivity (Wildman–Crippen MR) is 72.7 cm³/mol. The third kappa shape index (κ3) is 4.22. The van der Waals surface area contributed by atoms with Gasteiger partial charge in [-0.1, -0.05) is 0 Å². The molecule has 19 heavy (non-hydrogen) atoms. The minimum absolute atomic E-state index is 0.164. The summed E-state index contributed by atoms with van der Waals surface area (Å²) in [6.45, 7) is 1.67. The predicted octanol–water partition coefficient (Wildman–Crippen LogP) is 0.213. The summed E-state index contributed by atoms with van der Waals surface area (Å²) in [5, 5.41) is 8.84. The van der Waals surface area contributed by atoms with Crippen molar-refractivity contribution in [3.05, 3.63) is 12.0 Å². The average molecular weight is 307 g/mol. The fourth-order valence-corrected chi connectivity index (χ4v) is 3.11. The van der Waals surface area contributed by atoms with Crippen molar-refractivity contribution < 1.29 is 18.3 Å². The summed E-state index contributed by atoms with van der Waals surface area (Å²) >= 11 is 1.46. The van der Waals surface area contributed by atoms with Crippen LogP contribution < -0.4 is 4.72 Å².